The minimum absolute atomic E-state index is 0.443. The van der Waals surface area contributed by atoms with Gasteiger partial charge in [0.25, 0.3) is 0 Å². The lowest BCUT2D eigenvalue weighted by Crippen LogP contribution is -2.22. The summed E-state index contributed by atoms with van der Waals surface area (Å²) in [5, 5.41) is 0. The number of rotatable bonds is 2. The van der Waals surface area contributed by atoms with Crippen LogP contribution < -0.4 is 5.73 Å². The molecule has 0 bridgehead atoms. The maximum absolute atomic E-state index is 6.10. The van der Waals surface area contributed by atoms with E-state index in [1.54, 1.807) is 0 Å². The van der Waals surface area contributed by atoms with E-state index in [1.807, 2.05) is 0 Å². The second-order valence-electron chi connectivity index (χ2n) is 5.34. The lowest BCUT2D eigenvalue weighted by atomic mass is 9.91. The molecule has 2 unspecified atom stereocenters. The molecule has 0 saturated heterocycles. The Hall–Kier alpha value is -0.820. The maximum atomic E-state index is 6.10. The highest BCUT2D eigenvalue weighted by Gasteiger charge is 2.17. The summed E-state index contributed by atoms with van der Waals surface area (Å²) in [6, 6.07) is 9.41. The number of benzene rings is 1. The third-order valence-electron chi connectivity index (χ3n) is 3.72. The van der Waals surface area contributed by atoms with Crippen LogP contribution in [-0.2, 0) is 6.42 Å². The first kappa shape index (κ1) is 11.7. The third kappa shape index (κ3) is 3.34. The summed E-state index contributed by atoms with van der Waals surface area (Å²) < 4.78 is 0. The van der Waals surface area contributed by atoms with Crippen LogP contribution in [0.25, 0.3) is 0 Å². The van der Waals surface area contributed by atoms with Crippen LogP contribution in [-0.4, -0.2) is 6.04 Å². The van der Waals surface area contributed by atoms with Crippen molar-refractivity contribution in [3.05, 3.63) is 35.4 Å². The average Bonchev–Trinajstić information content (AvgIpc) is 2.46. The van der Waals surface area contributed by atoms with Crippen molar-refractivity contribution in [1.29, 1.82) is 0 Å². The number of hydrogen-bond donors (Lipinski definition) is 1. The van der Waals surface area contributed by atoms with Crippen LogP contribution in [0.1, 0.15) is 43.2 Å². The van der Waals surface area contributed by atoms with Gasteiger partial charge in [-0.2, -0.15) is 0 Å². The van der Waals surface area contributed by atoms with Crippen LogP contribution in [0.2, 0.25) is 0 Å². The molecule has 0 amide bonds. The first-order valence-electron chi connectivity index (χ1n) is 6.55. The molecule has 2 atom stereocenters. The monoisotopic (exact) mass is 217 g/mol. The van der Waals surface area contributed by atoms with Gasteiger partial charge in [0.1, 0.15) is 0 Å². The summed E-state index contributed by atoms with van der Waals surface area (Å²) in [6.45, 7) is 2.14. The Morgan fingerprint density at radius 2 is 1.81 bits per heavy atom. The van der Waals surface area contributed by atoms with Gasteiger partial charge in [-0.15, -0.1) is 0 Å². The largest absolute Gasteiger partial charge is 0.328 e. The molecule has 16 heavy (non-hydrogen) atoms. The lowest BCUT2D eigenvalue weighted by Gasteiger charge is -2.17. The topological polar surface area (TPSA) is 26.0 Å². The summed E-state index contributed by atoms with van der Waals surface area (Å²) in [4.78, 5) is 0. The second-order valence-corrected chi connectivity index (χ2v) is 5.34. The van der Waals surface area contributed by atoms with Crippen molar-refractivity contribution in [2.24, 2.45) is 11.7 Å². The van der Waals surface area contributed by atoms with Gasteiger partial charge in [0.05, 0.1) is 0 Å². The minimum atomic E-state index is 0.443. The molecule has 0 aromatic heterocycles. The fourth-order valence-electron chi connectivity index (χ4n) is 2.75. The predicted molar refractivity (Wildman–Crippen MR) is 69.4 cm³/mol. The Labute approximate surface area is 99.0 Å². The molecule has 0 spiro atoms. The third-order valence-corrected chi connectivity index (χ3v) is 3.72. The summed E-state index contributed by atoms with van der Waals surface area (Å²) in [5.74, 6) is 0.806. The van der Waals surface area contributed by atoms with E-state index >= 15 is 0 Å². The summed E-state index contributed by atoms with van der Waals surface area (Å²) in [7, 11) is 0. The van der Waals surface area contributed by atoms with E-state index in [4.69, 9.17) is 5.73 Å². The Morgan fingerprint density at radius 1 is 1.12 bits per heavy atom. The van der Waals surface area contributed by atoms with E-state index in [2.05, 4.69) is 31.2 Å². The Balaban J connectivity index is 1.95. The zero-order valence-corrected chi connectivity index (χ0v) is 10.3. The molecule has 1 aliphatic carbocycles. The SMILES string of the molecule is Cc1ccc(CC2CCCCC(N)C2)cc1. The fourth-order valence-corrected chi connectivity index (χ4v) is 2.75. The van der Waals surface area contributed by atoms with Crippen LogP contribution in [0.3, 0.4) is 0 Å². The quantitative estimate of drug-likeness (QED) is 0.754. The highest BCUT2D eigenvalue weighted by molar-refractivity contribution is 5.21. The maximum Gasteiger partial charge on any atom is 0.00415 e. The van der Waals surface area contributed by atoms with E-state index in [-0.39, 0.29) is 0 Å². The molecule has 0 heterocycles. The Bertz CT molecular complexity index is 315. The van der Waals surface area contributed by atoms with Gasteiger partial charge in [-0.05, 0) is 37.7 Å². The molecule has 0 radical (unpaired) electrons. The Morgan fingerprint density at radius 3 is 2.56 bits per heavy atom. The van der Waals surface area contributed by atoms with E-state index in [9.17, 15) is 0 Å². The van der Waals surface area contributed by atoms with Gasteiger partial charge in [0.15, 0.2) is 0 Å². The van der Waals surface area contributed by atoms with E-state index in [0.717, 1.165) is 5.92 Å². The summed E-state index contributed by atoms with van der Waals surface area (Å²) in [6.07, 6.45) is 7.71. The van der Waals surface area contributed by atoms with Crippen molar-refractivity contribution in [2.45, 2.75) is 51.5 Å². The highest BCUT2D eigenvalue weighted by Crippen LogP contribution is 2.25. The van der Waals surface area contributed by atoms with Crippen molar-refractivity contribution in [2.75, 3.05) is 0 Å². The standard InChI is InChI=1S/C15H23N/c1-12-6-8-13(9-7-12)10-14-4-2-3-5-15(16)11-14/h6-9,14-15H,2-5,10-11,16H2,1H3. The molecule has 1 fully saturated rings. The normalized spacial score (nSPS) is 26.4. The zero-order valence-electron chi connectivity index (χ0n) is 10.3. The van der Waals surface area contributed by atoms with Gasteiger partial charge < -0.3 is 5.73 Å². The van der Waals surface area contributed by atoms with Crippen molar-refractivity contribution in [3.63, 3.8) is 0 Å². The smallest absolute Gasteiger partial charge is 0.00415 e. The predicted octanol–water partition coefficient (Wildman–Crippen LogP) is 3.45. The van der Waals surface area contributed by atoms with Gasteiger partial charge in [-0.25, -0.2) is 0 Å². The molecule has 1 heteroatoms. The molecule has 2 rings (SSSR count). The van der Waals surface area contributed by atoms with Crippen molar-refractivity contribution >= 4 is 0 Å². The lowest BCUT2D eigenvalue weighted by molar-refractivity contribution is 0.431. The van der Waals surface area contributed by atoms with E-state index in [0.29, 0.717) is 6.04 Å². The van der Waals surface area contributed by atoms with Crippen LogP contribution in [0, 0.1) is 12.8 Å². The number of hydrogen-bond acceptors (Lipinski definition) is 1. The van der Waals surface area contributed by atoms with Crippen LogP contribution >= 0.6 is 0 Å². The average molecular weight is 217 g/mol. The van der Waals surface area contributed by atoms with E-state index < -0.39 is 0 Å². The minimum Gasteiger partial charge on any atom is -0.328 e. The van der Waals surface area contributed by atoms with Crippen LogP contribution in [0.4, 0.5) is 0 Å². The molecular weight excluding hydrogens is 194 g/mol. The Kier molecular flexibility index (Phi) is 4.00. The van der Waals surface area contributed by atoms with Crippen LogP contribution in [0.5, 0.6) is 0 Å². The molecule has 88 valence electrons. The number of aryl methyl sites for hydroxylation is 1. The molecule has 1 aromatic carbocycles. The summed E-state index contributed by atoms with van der Waals surface area (Å²) >= 11 is 0. The molecule has 1 aliphatic rings. The molecule has 2 N–H and O–H groups in total. The van der Waals surface area contributed by atoms with E-state index in [1.165, 1.54) is 49.7 Å². The summed E-state index contributed by atoms with van der Waals surface area (Å²) in [5.41, 5.74) is 8.93. The van der Waals surface area contributed by atoms with Gasteiger partial charge in [0.2, 0.25) is 0 Å². The first-order chi connectivity index (χ1) is 7.74. The van der Waals surface area contributed by atoms with Gasteiger partial charge in [0, 0.05) is 6.04 Å². The fraction of sp³-hybridized carbons (Fsp3) is 0.600. The second kappa shape index (κ2) is 5.49. The van der Waals surface area contributed by atoms with Crippen LogP contribution in [0.15, 0.2) is 24.3 Å². The molecular formula is C15H23N. The van der Waals surface area contributed by atoms with Crippen molar-refractivity contribution < 1.29 is 0 Å². The molecule has 1 aromatic rings. The van der Waals surface area contributed by atoms with Gasteiger partial charge >= 0.3 is 0 Å². The first-order valence-corrected chi connectivity index (χ1v) is 6.55. The molecule has 0 aliphatic heterocycles. The zero-order chi connectivity index (χ0) is 11.4. The van der Waals surface area contributed by atoms with Crippen molar-refractivity contribution in [1.82, 2.24) is 0 Å². The number of nitrogens with two attached hydrogens (primary N) is 1. The van der Waals surface area contributed by atoms with Gasteiger partial charge in [-0.1, -0.05) is 49.1 Å². The molecule has 1 nitrogen and oxygen atoms in total. The van der Waals surface area contributed by atoms with Gasteiger partial charge in [-0.3, -0.25) is 0 Å². The van der Waals surface area contributed by atoms with Crippen molar-refractivity contribution in [3.8, 4) is 0 Å². The highest BCUT2D eigenvalue weighted by atomic mass is 14.6. The molecule has 1 saturated carbocycles.